The van der Waals surface area contributed by atoms with Crippen molar-refractivity contribution in [3.05, 3.63) is 69.8 Å². The first-order chi connectivity index (χ1) is 13.5. The first kappa shape index (κ1) is 18.2. The lowest BCUT2D eigenvalue weighted by molar-refractivity contribution is -0.857. The molecule has 0 saturated heterocycles. The highest BCUT2D eigenvalue weighted by Crippen LogP contribution is 2.37. The summed E-state index contributed by atoms with van der Waals surface area (Å²) in [7, 11) is 5.59. The number of nitrogens with one attached hydrogen (secondary N) is 1. The summed E-state index contributed by atoms with van der Waals surface area (Å²) >= 11 is 0. The molecule has 0 fully saturated rings. The van der Waals surface area contributed by atoms with Crippen LogP contribution in [0.25, 0.3) is 11.0 Å². The van der Waals surface area contributed by atoms with E-state index in [9.17, 15) is 9.59 Å². The molecule has 1 amide bonds. The second kappa shape index (κ2) is 7.09. The lowest BCUT2D eigenvalue weighted by Gasteiger charge is -2.25. The van der Waals surface area contributed by atoms with Gasteiger partial charge in [-0.1, -0.05) is 6.07 Å². The van der Waals surface area contributed by atoms with Crippen LogP contribution in [0.5, 0.6) is 5.75 Å². The molecule has 1 N–H and O–H groups in total. The van der Waals surface area contributed by atoms with Crippen molar-refractivity contribution in [3.63, 3.8) is 0 Å². The molecule has 0 bridgehead atoms. The van der Waals surface area contributed by atoms with Crippen LogP contribution < -0.4 is 15.1 Å². The van der Waals surface area contributed by atoms with E-state index in [2.05, 4.69) is 4.98 Å². The van der Waals surface area contributed by atoms with E-state index in [1.165, 1.54) is 4.90 Å². The number of hydrogen-bond acceptors (Lipinski definition) is 5. The Morgan fingerprint density at radius 3 is 2.75 bits per heavy atom. The van der Waals surface area contributed by atoms with Gasteiger partial charge < -0.3 is 19.0 Å². The summed E-state index contributed by atoms with van der Waals surface area (Å²) in [4.78, 5) is 33.6. The Kier molecular flexibility index (Phi) is 4.60. The van der Waals surface area contributed by atoms with Gasteiger partial charge in [0.25, 0.3) is 5.91 Å². The zero-order valence-corrected chi connectivity index (χ0v) is 16.1. The molecular weight excluding hydrogens is 358 g/mol. The fourth-order valence-electron chi connectivity index (χ4n) is 3.58. The molecule has 1 atom stereocenters. The monoisotopic (exact) mass is 380 g/mol. The first-order valence-corrected chi connectivity index (χ1v) is 9.16. The molecule has 144 valence electrons. The minimum atomic E-state index is -0.502. The van der Waals surface area contributed by atoms with Crippen molar-refractivity contribution in [1.29, 1.82) is 0 Å². The third kappa shape index (κ3) is 2.93. The zero-order chi connectivity index (χ0) is 19.8. The summed E-state index contributed by atoms with van der Waals surface area (Å²) in [5.74, 6) is 0.401. The quantitative estimate of drug-likeness (QED) is 0.711. The van der Waals surface area contributed by atoms with Crippen LogP contribution >= 0.6 is 0 Å². The topological polar surface area (TPSA) is 77.1 Å². The molecule has 4 rings (SSSR count). The summed E-state index contributed by atoms with van der Waals surface area (Å²) < 4.78 is 11.1. The number of fused-ring (bicyclic) bond motifs is 2. The molecule has 0 unspecified atom stereocenters. The lowest BCUT2D eigenvalue weighted by atomic mass is 10.00. The number of quaternary nitrogens is 1. The van der Waals surface area contributed by atoms with Crippen molar-refractivity contribution in [1.82, 2.24) is 9.88 Å². The average Bonchev–Trinajstić information content (AvgIpc) is 2.99. The standard InChI is InChI=1S/C21H21N3O4/c1-23(2)9-10-24-18(13-5-4-8-22-12-13)17-19(25)15-7-6-14(27-3)11-16(15)28-20(17)21(24)26/h4-8,11-12,18H,9-10H2,1-3H3/p+1/t18-/m1/s1. The molecule has 2 aromatic heterocycles. The van der Waals surface area contributed by atoms with E-state index in [-0.39, 0.29) is 17.1 Å². The Morgan fingerprint density at radius 1 is 1.25 bits per heavy atom. The largest absolute Gasteiger partial charge is 0.497 e. The van der Waals surface area contributed by atoms with E-state index in [0.29, 0.717) is 28.8 Å². The normalized spacial score (nSPS) is 16.1. The maximum atomic E-state index is 13.3. The number of rotatable bonds is 5. The Balaban J connectivity index is 1.93. The number of hydrogen-bond donors (Lipinski definition) is 1. The molecule has 0 spiro atoms. The second-order valence-electron chi connectivity index (χ2n) is 7.18. The molecule has 3 aromatic rings. The SMILES string of the molecule is COc1ccc2c(=O)c3c(oc2c1)C(=O)N(CC[NH+](C)C)[C@@H]3c1cccnc1. The lowest BCUT2D eigenvalue weighted by Crippen LogP contribution is -3.06. The van der Waals surface area contributed by atoms with Crippen molar-refractivity contribution in [3.8, 4) is 5.75 Å². The van der Waals surface area contributed by atoms with E-state index in [0.717, 1.165) is 12.1 Å². The van der Waals surface area contributed by atoms with Gasteiger partial charge in [-0.25, -0.2) is 0 Å². The van der Waals surface area contributed by atoms with E-state index in [1.807, 2.05) is 20.2 Å². The fourth-order valence-corrected chi connectivity index (χ4v) is 3.58. The molecule has 0 saturated carbocycles. The highest BCUT2D eigenvalue weighted by Gasteiger charge is 2.42. The Hall–Kier alpha value is -3.19. The smallest absolute Gasteiger partial charge is 0.291 e. The third-order valence-corrected chi connectivity index (χ3v) is 5.03. The number of methoxy groups -OCH3 is 1. The van der Waals surface area contributed by atoms with Crippen LogP contribution in [0.15, 0.2) is 51.9 Å². The van der Waals surface area contributed by atoms with Gasteiger partial charge in [-0.2, -0.15) is 0 Å². The Morgan fingerprint density at radius 2 is 2.07 bits per heavy atom. The molecule has 1 aliphatic heterocycles. The molecule has 3 heterocycles. The molecule has 1 aromatic carbocycles. The Labute approximate surface area is 162 Å². The molecule has 28 heavy (non-hydrogen) atoms. The van der Waals surface area contributed by atoms with E-state index >= 15 is 0 Å². The first-order valence-electron chi connectivity index (χ1n) is 9.16. The van der Waals surface area contributed by atoms with Crippen molar-refractivity contribution >= 4 is 16.9 Å². The molecule has 0 aliphatic carbocycles. The van der Waals surface area contributed by atoms with E-state index in [4.69, 9.17) is 9.15 Å². The van der Waals surface area contributed by atoms with Crippen LogP contribution in [-0.2, 0) is 0 Å². The van der Waals surface area contributed by atoms with Gasteiger partial charge in [-0.3, -0.25) is 14.6 Å². The summed E-state index contributed by atoms with van der Waals surface area (Å²) in [5, 5.41) is 0.432. The maximum absolute atomic E-state index is 13.3. The minimum absolute atomic E-state index is 0.105. The number of amides is 1. The summed E-state index contributed by atoms with van der Waals surface area (Å²) in [5.41, 5.74) is 1.33. The Bertz CT molecular complexity index is 1090. The number of nitrogens with zero attached hydrogens (tertiary/aromatic N) is 2. The number of carbonyl (C=O) groups is 1. The summed E-state index contributed by atoms with van der Waals surface area (Å²) in [6.45, 7) is 1.25. The maximum Gasteiger partial charge on any atom is 0.291 e. The summed E-state index contributed by atoms with van der Waals surface area (Å²) in [6, 6.07) is 8.22. The van der Waals surface area contributed by atoms with Gasteiger partial charge in [0, 0.05) is 18.5 Å². The second-order valence-corrected chi connectivity index (χ2v) is 7.18. The van der Waals surface area contributed by atoms with Gasteiger partial charge in [-0.05, 0) is 23.8 Å². The number of likely N-dealkylation sites (N-methyl/N-ethyl adjacent to an activating group) is 1. The van der Waals surface area contributed by atoms with Gasteiger partial charge in [0.05, 0.1) is 51.3 Å². The van der Waals surface area contributed by atoms with Crippen LogP contribution in [0.2, 0.25) is 0 Å². The van der Waals surface area contributed by atoms with Crippen LogP contribution in [0.1, 0.15) is 27.7 Å². The molecule has 1 aliphatic rings. The van der Waals surface area contributed by atoms with Crippen molar-refractivity contribution in [2.45, 2.75) is 6.04 Å². The van der Waals surface area contributed by atoms with Crippen molar-refractivity contribution in [2.75, 3.05) is 34.3 Å². The predicted octanol–water partition coefficient (Wildman–Crippen LogP) is 0.886. The van der Waals surface area contributed by atoms with Crippen LogP contribution in [0.4, 0.5) is 0 Å². The van der Waals surface area contributed by atoms with Gasteiger partial charge >= 0.3 is 0 Å². The predicted molar refractivity (Wildman–Crippen MR) is 104 cm³/mol. The number of pyridine rings is 1. The van der Waals surface area contributed by atoms with Crippen LogP contribution in [-0.4, -0.2) is 50.1 Å². The zero-order valence-electron chi connectivity index (χ0n) is 16.1. The van der Waals surface area contributed by atoms with Crippen molar-refractivity contribution < 1.29 is 18.8 Å². The minimum Gasteiger partial charge on any atom is -0.497 e. The van der Waals surface area contributed by atoms with E-state index < -0.39 is 6.04 Å². The highest BCUT2D eigenvalue weighted by molar-refractivity contribution is 5.99. The number of ether oxygens (including phenoxy) is 1. The molecular formula is C21H22N3O4+. The third-order valence-electron chi connectivity index (χ3n) is 5.03. The van der Waals surface area contributed by atoms with Crippen LogP contribution in [0, 0.1) is 0 Å². The highest BCUT2D eigenvalue weighted by atomic mass is 16.5. The molecule has 7 heteroatoms. The number of aromatic nitrogens is 1. The van der Waals surface area contributed by atoms with E-state index in [1.54, 1.807) is 48.7 Å². The van der Waals surface area contributed by atoms with Crippen LogP contribution in [0.3, 0.4) is 0 Å². The number of benzene rings is 1. The van der Waals surface area contributed by atoms with Gasteiger partial charge in [0.1, 0.15) is 11.3 Å². The molecule has 0 radical (unpaired) electrons. The van der Waals surface area contributed by atoms with Gasteiger partial charge in [-0.15, -0.1) is 0 Å². The van der Waals surface area contributed by atoms with Gasteiger partial charge in [0.2, 0.25) is 5.76 Å². The van der Waals surface area contributed by atoms with Crippen molar-refractivity contribution in [2.24, 2.45) is 0 Å². The van der Waals surface area contributed by atoms with Gasteiger partial charge in [0.15, 0.2) is 5.43 Å². The average molecular weight is 380 g/mol. The fraction of sp³-hybridized carbons (Fsp3) is 0.286. The summed E-state index contributed by atoms with van der Waals surface area (Å²) in [6.07, 6.45) is 3.37. The molecule has 7 nitrogen and oxygen atoms in total. The number of carbonyl (C=O) groups excluding carboxylic acids is 1.